The summed E-state index contributed by atoms with van der Waals surface area (Å²) in [6.07, 6.45) is -1.01. The van der Waals surface area contributed by atoms with Gasteiger partial charge >= 0.3 is 5.97 Å². The SMILES string of the molecule is COc1ccc([C@@H]2OC(=O)C3=C2C(=O)[C@H](C)[C@@H](C)O3)cc1. The Morgan fingerprint density at radius 3 is 2.33 bits per heavy atom. The average Bonchev–Trinajstić information content (AvgIpc) is 2.82. The summed E-state index contributed by atoms with van der Waals surface area (Å²) in [5.41, 5.74) is 1.06. The number of cyclic esters (lactones) is 1. The lowest BCUT2D eigenvalue weighted by atomic mass is 9.87. The van der Waals surface area contributed by atoms with E-state index in [0.29, 0.717) is 11.3 Å². The number of hydrogen-bond acceptors (Lipinski definition) is 5. The van der Waals surface area contributed by atoms with Gasteiger partial charge in [0, 0.05) is 0 Å². The zero-order chi connectivity index (χ0) is 15.1. The lowest BCUT2D eigenvalue weighted by molar-refractivity contribution is -0.144. The molecule has 3 atom stereocenters. The molecule has 0 bridgehead atoms. The Bertz CT molecular complexity index is 629. The Kier molecular flexibility index (Phi) is 3.20. The molecule has 0 amide bonds. The van der Waals surface area contributed by atoms with E-state index in [9.17, 15) is 9.59 Å². The van der Waals surface area contributed by atoms with Crippen LogP contribution in [0.5, 0.6) is 5.75 Å². The second-order valence-corrected chi connectivity index (χ2v) is 5.28. The second kappa shape index (κ2) is 4.91. The van der Waals surface area contributed by atoms with E-state index < -0.39 is 12.1 Å². The Balaban J connectivity index is 2.00. The fraction of sp³-hybridized carbons (Fsp3) is 0.375. The van der Waals surface area contributed by atoms with Gasteiger partial charge in [-0.15, -0.1) is 0 Å². The van der Waals surface area contributed by atoms with Gasteiger partial charge in [0.2, 0.25) is 5.76 Å². The van der Waals surface area contributed by atoms with Gasteiger partial charge < -0.3 is 14.2 Å². The molecule has 0 aliphatic carbocycles. The first kappa shape index (κ1) is 13.7. The van der Waals surface area contributed by atoms with Gasteiger partial charge in [-0.05, 0) is 24.6 Å². The molecule has 1 aromatic carbocycles. The van der Waals surface area contributed by atoms with Gasteiger partial charge in [-0.3, -0.25) is 4.79 Å². The molecule has 5 nitrogen and oxygen atoms in total. The topological polar surface area (TPSA) is 61.8 Å². The number of esters is 1. The number of rotatable bonds is 2. The molecule has 2 aliphatic rings. The molecule has 2 aliphatic heterocycles. The molecule has 3 rings (SSSR count). The van der Waals surface area contributed by atoms with Crippen LogP contribution in [0.2, 0.25) is 0 Å². The normalized spacial score (nSPS) is 28.0. The smallest absolute Gasteiger partial charge is 0.375 e. The number of carbonyl (C=O) groups is 2. The standard InChI is InChI=1S/C16H16O5/c1-8-9(2)20-15-12(13(8)17)14(21-16(15)18)10-4-6-11(19-3)7-5-10/h4-9,14H,1-3H3/t8-,9-,14+/m1/s1. The zero-order valence-corrected chi connectivity index (χ0v) is 12.1. The van der Waals surface area contributed by atoms with Crippen molar-refractivity contribution in [2.24, 2.45) is 5.92 Å². The highest BCUT2D eigenvalue weighted by Crippen LogP contribution is 2.41. The molecule has 0 radical (unpaired) electrons. The van der Waals surface area contributed by atoms with Crippen molar-refractivity contribution in [1.82, 2.24) is 0 Å². The number of Topliss-reactive ketones (excluding diaryl/α,β-unsaturated/α-hetero) is 1. The summed E-state index contributed by atoms with van der Waals surface area (Å²) in [5, 5.41) is 0. The summed E-state index contributed by atoms with van der Waals surface area (Å²) in [5.74, 6) is -0.191. The van der Waals surface area contributed by atoms with Gasteiger partial charge in [-0.1, -0.05) is 19.1 Å². The molecule has 0 saturated carbocycles. The van der Waals surface area contributed by atoms with Crippen LogP contribution in [0.3, 0.4) is 0 Å². The van der Waals surface area contributed by atoms with Crippen LogP contribution in [0.1, 0.15) is 25.5 Å². The maximum absolute atomic E-state index is 12.5. The van der Waals surface area contributed by atoms with E-state index in [0.717, 1.165) is 5.56 Å². The third-order valence-electron chi connectivity index (χ3n) is 4.02. The molecule has 0 spiro atoms. The average molecular weight is 288 g/mol. The highest BCUT2D eigenvalue weighted by molar-refractivity contribution is 6.08. The third-order valence-corrected chi connectivity index (χ3v) is 4.02. The van der Waals surface area contributed by atoms with Gasteiger partial charge in [0.25, 0.3) is 0 Å². The molecular weight excluding hydrogens is 272 g/mol. The van der Waals surface area contributed by atoms with E-state index in [1.807, 2.05) is 0 Å². The number of methoxy groups -OCH3 is 1. The Morgan fingerprint density at radius 1 is 1.05 bits per heavy atom. The van der Waals surface area contributed by atoms with E-state index in [1.165, 1.54) is 0 Å². The second-order valence-electron chi connectivity index (χ2n) is 5.28. The summed E-state index contributed by atoms with van der Waals surface area (Å²) >= 11 is 0. The van der Waals surface area contributed by atoms with Crippen molar-refractivity contribution in [2.75, 3.05) is 7.11 Å². The highest BCUT2D eigenvalue weighted by atomic mass is 16.6. The molecule has 1 aromatic rings. The van der Waals surface area contributed by atoms with Crippen molar-refractivity contribution in [2.45, 2.75) is 26.1 Å². The Labute approximate surface area is 122 Å². The van der Waals surface area contributed by atoms with E-state index in [-0.39, 0.29) is 23.6 Å². The van der Waals surface area contributed by atoms with Crippen LogP contribution in [0.15, 0.2) is 35.6 Å². The lowest BCUT2D eigenvalue weighted by Gasteiger charge is -2.26. The maximum Gasteiger partial charge on any atom is 0.375 e. The molecule has 0 N–H and O–H groups in total. The molecule has 0 aromatic heterocycles. The van der Waals surface area contributed by atoms with Crippen LogP contribution in [-0.4, -0.2) is 25.0 Å². The zero-order valence-electron chi connectivity index (χ0n) is 12.1. The van der Waals surface area contributed by atoms with Gasteiger partial charge in [0.15, 0.2) is 11.9 Å². The summed E-state index contributed by atoms with van der Waals surface area (Å²) in [7, 11) is 1.58. The van der Waals surface area contributed by atoms with E-state index in [1.54, 1.807) is 45.2 Å². The van der Waals surface area contributed by atoms with Gasteiger partial charge in [0.05, 0.1) is 18.6 Å². The molecule has 5 heteroatoms. The lowest BCUT2D eigenvalue weighted by Crippen LogP contribution is -2.33. The minimum Gasteiger partial charge on any atom is -0.497 e. The number of carbonyl (C=O) groups excluding carboxylic acids is 2. The minimum atomic E-state index is -0.694. The number of hydrogen-bond donors (Lipinski definition) is 0. The van der Waals surface area contributed by atoms with E-state index >= 15 is 0 Å². The van der Waals surface area contributed by atoms with Crippen molar-refractivity contribution < 1.29 is 23.8 Å². The first-order chi connectivity index (χ1) is 10.0. The fourth-order valence-electron chi connectivity index (χ4n) is 2.56. The largest absolute Gasteiger partial charge is 0.497 e. The number of ketones is 1. The third kappa shape index (κ3) is 2.09. The molecule has 21 heavy (non-hydrogen) atoms. The van der Waals surface area contributed by atoms with E-state index in [4.69, 9.17) is 14.2 Å². The molecule has 0 saturated heterocycles. The molecule has 0 unspecified atom stereocenters. The van der Waals surface area contributed by atoms with Crippen molar-refractivity contribution in [3.05, 3.63) is 41.2 Å². The van der Waals surface area contributed by atoms with Crippen LogP contribution in [0, 0.1) is 5.92 Å². The molecule has 2 heterocycles. The van der Waals surface area contributed by atoms with Crippen LogP contribution in [0.4, 0.5) is 0 Å². The van der Waals surface area contributed by atoms with Gasteiger partial charge in [0.1, 0.15) is 11.9 Å². The van der Waals surface area contributed by atoms with E-state index in [2.05, 4.69) is 0 Å². The first-order valence-corrected chi connectivity index (χ1v) is 6.83. The minimum absolute atomic E-state index is 0.0615. The predicted molar refractivity (Wildman–Crippen MR) is 73.6 cm³/mol. The molecule has 0 fully saturated rings. The van der Waals surface area contributed by atoms with Crippen LogP contribution >= 0.6 is 0 Å². The quantitative estimate of drug-likeness (QED) is 0.780. The van der Waals surface area contributed by atoms with Crippen LogP contribution in [0.25, 0.3) is 0 Å². The number of ether oxygens (including phenoxy) is 3. The molecular formula is C16H16O5. The summed E-state index contributed by atoms with van der Waals surface area (Å²) in [6.45, 7) is 3.57. The van der Waals surface area contributed by atoms with Crippen LogP contribution < -0.4 is 4.74 Å². The Morgan fingerprint density at radius 2 is 1.71 bits per heavy atom. The fourth-order valence-corrected chi connectivity index (χ4v) is 2.56. The monoisotopic (exact) mass is 288 g/mol. The summed E-state index contributed by atoms with van der Waals surface area (Å²) in [6, 6.07) is 7.09. The predicted octanol–water partition coefficient (Wildman–Crippen LogP) is 2.17. The summed E-state index contributed by atoms with van der Waals surface area (Å²) < 4.78 is 16.0. The van der Waals surface area contributed by atoms with Crippen molar-refractivity contribution >= 4 is 11.8 Å². The van der Waals surface area contributed by atoms with Crippen molar-refractivity contribution in [3.8, 4) is 5.75 Å². The van der Waals surface area contributed by atoms with Gasteiger partial charge in [-0.25, -0.2) is 4.79 Å². The van der Waals surface area contributed by atoms with Crippen molar-refractivity contribution in [3.63, 3.8) is 0 Å². The first-order valence-electron chi connectivity index (χ1n) is 6.83. The maximum atomic E-state index is 12.5. The molecule has 110 valence electrons. The summed E-state index contributed by atoms with van der Waals surface area (Å²) in [4.78, 5) is 24.4. The van der Waals surface area contributed by atoms with Crippen molar-refractivity contribution in [1.29, 1.82) is 0 Å². The Hall–Kier alpha value is -2.30. The van der Waals surface area contributed by atoms with Gasteiger partial charge in [-0.2, -0.15) is 0 Å². The highest BCUT2D eigenvalue weighted by Gasteiger charge is 2.47. The number of benzene rings is 1. The van der Waals surface area contributed by atoms with Crippen LogP contribution in [-0.2, 0) is 19.1 Å².